The molecule has 0 unspecified atom stereocenters. The Hall–Kier alpha value is -2.04. The number of ether oxygens (including phenoxy) is 2. The van der Waals surface area contributed by atoms with E-state index >= 15 is 0 Å². The highest BCUT2D eigenvalue weighted by Crippen LogP contribution is 2.30. The highest BCUT2D eigenvalue weighted by Gasteiger charge is 2.16. The van der Waals surface area contributed by atoms with Crippen LogP contribution in [0.3, 0.4) is 0 Å². The molecule has 1 aromatic heterocycles. The molecule has 2 N–H and O–H groups in total. The van der Waals surface area contributed by atoms with Gasteiger partial charge in [0, 0.05) is 24.8 Å². The van der Waals surface area contributed by atoms with Gasteiger partial charge in [-0.05, 0) is 38.8 Å². The van der Waals surface area contributed by atoms with Crippen LogP contribution in [0, 0.1) is 6.92 Å². The van der Waals surface area contributed by atoms with Crippen molar-refractivity contribution in [3.05, 3.63) is 29.8 Å². The molecule has 0 bridgehead atoms. The average Bonchev–Trinajstić information content (AvgIpc) is 3.05. The quantitative estimate of drug-likeness (QED) is 0.321. The summed E-state index contributed by atoms with van der Waals surface area (Å²) >= 11 is 0. The number of halogens is 1. The van der Waals surface area contributed by atoms with Crippen LogP contribution in [0.5, 0.6) is 11.5 Å². The van der Waals surface area contributed by atoms with E-state index in [2.05, 4.69) is 20.8 Å². The number of aliphatic imine (C=N–C) groups is 1. The first-order chi connectivity index (χ1) is 14.1. The standard InChI is InChI=1S/C21H32N6O2.HI/c1-5-29-19-13-17(11-12-18(19)28-4)24-21(23-16-9-7-6-8-10-16)22-14-20-26-25-15(2)27(20)3;/h11-13,16H,5-10,14H2,1-4H3,(H2,22,23,24);1H. The van der Waals surface area contributed by atoms with E-state index in [9.17, 15) is 0 Å². The molecular weight excluding hydrogens is 495 g/mol. The Morgan fingerprint density at radius 2 is 1.97 bits per heavy atom. The number of guanidine groups is 1. The molecule has 0 amide bonds. The van der Waals surface area contributed by atoms with E-state index in [-0.39, 0.29) is 24.0 Å². The van der Waals surface area contributed by atoms with Crippen LogP contribution in [0.4, 0.5) is 5.69 Å². The summed E-state index contributed by atoms with van der Waals surface area (Å²) in [6, 6.07) is 6.23. The molecule has 1 fully saturated rings. The van der Waals surface area contributed by atoms with Gasteiger partial charge in [0.05, 0.1) is 13.7 Å². The zero-order chi connectivity index (χ0) is 20.6. The maximum absolute atomic E-state index is 5.70. The predicted octanol–water partition coefficient (Wildman–Crippen LogP) is 4.04. The summed E-state index contributed by atoms with van der Waals surface area (Å²) in [5.74, 6) is 3.87. The predicted molar refractivity (Wildman–Crippen MR) is 130 cm³/mol. The Kier molecular flexibility index (Phi) is 9.67. The van der Waals surface area contributed by atoms with Gasteiger partial charge in [0.25, 0.3) is 0 Å². The van der Waals surface area contributed by atoms with E-state index in [1.807, 2.05) is 43.7 Å². The van der Waals surface area contributed by atoms with Gasteiger partial charge in [-0.3, -0.25) is 0 Å². The summed E-state index contributed by atoms with van der Waals surface area (Å²) in [6.07, 6.45) is 6.15. The van der Waals surface area contributed by atoms with Gasteiger partial charge in [-0.1, -0.05) is 19.3 Å². The second-order valence-electron chi connectivity index (χ2n) is 7.29. The lowest BCUT2D eigenvalue weighted by molar-refractivity contribution is 0.311. The van der Waals surface area contributed by atoms with Crippen LogP contribution in [0.15, 0.2) is 23.2 Å². The average molecular weight is 528 g/mol. The highest BCUT2D eigenvalue weighted by molar-refractivity contribution is 14.0. The molecule has 1 aliphatic carbocycles. The number of aryl methyl sites for hydroxylation is 1. The number of anilines is 1. The number of benzene rings is 1. The van der Waals surface area contributed by atoms with Crippen molar-refractivity contribution >= 4 is 35.6 Å². The first-order valence-electron chi connectivity index (χ1n) is 10.3. The van der Waals surface area contributed by atoms with Gasteiger partial charge in [-0.2, -0.15) is 0 Å². The van der Waals surface area contributed by atoms with Crippen LogP contribution in [0.25, 0.3) is 0 Å². The lowest BCUT2D eigenvalue weighted by atomic mass is 9.96. The summed E-state index contributed by atoms with van der Waals surface area (Å²) in [6.45, 7) is 4.92. The highest BCUT2D eigenvalue weighted by atomic mass is 127. The van der Waals surface area contributed by atoms with Crippen LogP contribution in [-0.4, -0.2) is 40.5 Å². The molecule has 1 aromatic carbocycles. The Morgan fingerprint density at radius 1 is 1.20 bits per heavy atom. The monoisotopic (exact) mass is 528 g/mol. The van der Waals surface area contributed by atoms with Crippen LogP contribution in [0.2, 0.25) is 0 Å². The summed E-state index contributed by atoms with van der Waals surface area (Å²) in [7, 11) is 3.60. The number of nitrogens with one attached hydrogen (secondary N) is 2. The van der Waals surface area contributed by atoms with Crippen molar-refractivity contribution in [3.8, 4) is 11.5 Å². The first-order valence-corrected chi connectivity index (χ1v) is 10.3. The first kappa shape index (κ1) is 24.2. The van der Waals surface area contributed by atoms with Crippen molar-refractivity contribution in [2.24, 2.45) is 12.0 Å². The van der Waals surface area contributed by atoms with Gasteiger partial charge in [0.1, 0.15) is 12.4 Å². The minimum atomic E-state index is 0. The fourth-order valence-electron chi connectivity index (χ4n) is 3.46. The van der Waals surface area contributed by atoms with Gasteiger partial charge in [-0.25, -0.2) is 4.99 Å². The molecule has 0 atom stereocenters. The molecule has 0 saturated heterocycles. The molecule has 1 heterocycles. The summed E-state index contributed by atoms with van der Waals surface area (Å²) in [4.78, 5) is 4.77. The van der Waals surface area contributed by atoms with Crippen molar-refractivity contribution in [3.63, 3.8) is 0 Å². The van der Waals surface area contributed by atoms with E-state index in [0.717, 1.165) is 36.1 Å². The molecule has 9 heteroatoms. The minimum absolute atomic E-state index is 0. The maximum Gasteiger partial charge on any atom is 0.196 e. The lowest BCUT2D eigenvalue weighted by Gasteiger charge is -2.25. The van der Waals surface area contributed by atoms with Gasteiger partial charge in [0.2, 0.25) is 0 Å². The Bertz CT molecular complexity index is 833. The molecule has 3 rings (SSSR count). The zero-order valence-corrected chi connectivity index (χ0v) is 20.6. The van der Waals surface area contributed by atoms with Crippen molar-refractivity contribution in [1.82, 2.24) is 20.1 Å². The Morgan fingerprint density at radius 3 is 2.60 bits per heavy atom. The molecule has 30 heavy (non-hydrogen) atoms. The van der Waals surface area contributed by atoms with E-state index in [1.165, 1.54) is 19.3 Å². The third-order valence-electron chi connectivity index (χ3n) is 5.23. The zero-order valence-electron chi connectivity index (χ0n) is 18.3. The molecule has 2 aromatic rings. The largest absolute Gasteiger partial charge is 0.493 e. The SMILES string of the molecule is CCOc1cc(NC(=NCc2nnc(C)n2C)NC2CCCCC2)ccc1OC.I. The summed E-state index contributed by atoms with van der Waals surface area (Å²) < 4.78 is 13.0. The number of aromatic nitrogens is 3. The van der Waals surface area contributed by atoms with Gasteiger partial charge < -0.3 is 24.7 Å². The fraction of sp³-hybridized carbons (Fsp3) is 0.571. The van der Waals surface area contributed by atoms with Crippen LogP contribution < -0.4 is 20.1 Å². The third-order valence-corrected chi connectivity index (χ3v) is 5.23. The number of methoxy groups -OCH3 is 1. The van der Waals surface area contributed by atoms with Crippen LogP contribution in [-0.2, 0) is 13.6 Å². The molecule has 0 radical (unpaired) electrons. The van der Waals surface area contributed by atoms with Crippen LogP contribution in [0.1, 0.15) is 50.7 Å². The van der Waals surface area contributed by atoms with E-state index in [4.69, 9.17) is 14.5 Å². The number of hydrogen-bond donors (Lipinski definition) is 2. The van der Waals surface area contributed by atoms with Gasteiger partial charge >= 0.3 is 0 Å². The van der Waals surface area contributed by atoms with Gasteiger partial charge in [0.15, 0.2) is 23.3 Å². The normalized spacial score (nSPS) is 14.7. The molecule has 166 valence electrons. The van der Waals surface area contributed by atoms with Crippen LogP contribution >= 0.6 is 24.0 Å². The topological polar surface area (TPSA) is 85.6 Å². The van der Waals surface area contributed by atoms with E-state index in [1.54, 1.807) is 7.11 Å². The molecule has 1 saturated carbocycles. The molecule has 1 aliphatic rings. The van der Waals surface area contributed by atoms with Crippen molar-refractivity contribution < 1.29 is 9.47 Å². The fourth-order valence-corrected chi connectivity index (χ4v) is 3.46. The maximum atomic E-state index is 5.70. The van der Waals surface area contributed by atoms with E-state index < -0.39 is 0 Å². The molecule has 8 nitrogen and oxygen atoms in total. The Balaban J connectivity index is 0.00000320. The van der Waals surface area contributed by atoms with Crippen molar-refractivity contribution in [1.29, 1.82) is 0 Å². The molecule has 0 aliphatic heterocycles. The Labute approximate surface area is 195 Å². The number of rotatable bonds is 7. The minimum Gasteiger partial charge on any atom is -0.493 e. The lowest BCUT2D eigenvalue weighted by Crippen LogP contribution is -2.40. The smallest absolute Gasteiger partial charge is 0.196 e. The third kappa shape index (κ3) is 6.48. The molecule has 0 spiro atoms. The van der Waals surface area contributed by atoms with Crippen molar-refractivity contribution in [2.75, 3.05) is 19.0 Å². The number of hydrogen-bond acceptors (Lipinski definition) is 5. The second-order valence-corrected chi connectivity index (χ2v) is 7.29. The van der Waals surface area contributed by atoms with Crippen molar-refractivity contribution in [2.45, 2.75) is 58.5 Å². The molecular formula is C21H33IN6O2. The summed E-state index contributed by atoms with van der Waals surface area (Å²) in [5, 5.41) is 15.3. The van der Waals surface area contributed by atoms with E-state index in [0.29, 0.717) is 30.7 Å². The van der Waals surface area contributed by atoms with Gasteiger partial charge in [-0.15, -0.1) is 34.2 Å². The second kappa shape index (κ2) is 12.0. The number of nitrogens with zero attached hydrogens (tertiary/aromatic N) is 4. The summed E-state index contributed by atoms with van der Waals surface area (Å²) in [5.41, 5.74) is 0.894.